The van der Waals surface area contributed by atoms with Crippen LogP contribution in [0, 0.1) is 0 Å². The Morgan fingerprint density at radius 1 is 0.714 bits per heavy atom. The summed E-state index contributed by atoms with van der Waals surface area (Å²) in [5.41, 5.74) is 0. The van der Waals surface area contributed by atoms with Crippen LogP contribution >= 0.6 is 27.5 Å². The fraction of sp³-hybridized carbons (Fsp3) is 1.00. The third-order valence-corrected chi connectivity index (χ3v) is 2.81. The van der Waals surface area contributed by atoms with E-state index in [1.807, 2.05) is 0 Å². The minimum absolute atomic E-state index is 0.941. The van der Waals surface area contributed by atoms with Crippen LogP contribution in [0.25, 0.3) is 0 Å². The Morgan fingerprint density at radius 2 is 1.00 bits per heavy atom. The summed E-state index contributed by atoms with van der Waals surface area (Å²) in [6.07, 6.45) is -12.3. The van der Waals surface area contributed by atoms with Crippen LogP contribution < -0.4 is 0 Å². The second-order valence-electron chi connectivity index (χ2n) is 2.14. The maximum atomic E-state index is 12.4. The summed E-state index contributed by atoms with van der Waals surface area (Å²) >= 11 is 4.80. The van der Waals surface area contributed by atoms with E-state index in [-0.39, 0.29) is 0 Å². The lowest BCUT2D eigenvalue weighted by molar-refractivity contribution is -0.283. The number of halogens is 10. The Bertz CT molecular complexity index is 190. The topological polar surface area (TPSA) is 0 Å². The molecule has 0 nitrogen and oxygen atoms in total. The van der Waals surface area contributed by atoms with Gasteiger partial charge in [0.1, 0.15) is 0 Å². The lowest BCUT2D eigenvalue weighted by Crippen LogP contribution is -2.57. The highest BCUT2D eigenvalue weighted by Crippen LogP contribution is 2.57. The molecule has 0 aliphatic heterocycles. The van der Waals surface area contributed by atoms with Gasteiger partial charge in [0, 0.05) is 0 Å². The molecule has 10 heteroatoms. The molecule has 2 unspecified atom stereocenters. The first-order valence-electron chi connectivity index (χ1n) is 2.64. The van der Waals surface area contributed by atoms with E-state index >= 15 is 0 Å². The fourth-order valence-corrected chi connectivity index (χ4v) is 0.688. The molecule has 0 heterocycles. The molecule has 0 saturated carbocycles. The molecule has 0 amide bonds. The van der Waals surface area contributed by atoms with E-state index in [4.69, 9.17) is 0 Å². The first-order chi connectivity index (χ1) is 5.75. The van der Waals surface area contributed by atoms with E-state index in [1.165, 1.54) is 0 Å². The zero-order valence-corrected chi connectivity index (χ0v) is 8.12. The minimum Gasteiger partial charge on any atom is -0.216 e. The first-order valence-corrected chi connectivity index (χ1v) is 3.81. The number of hydrogen-bond donors (Lipinski definition) is 0. The van der Waals surface area contributed by atoms with E-state index in [1.54, 1.807) is 0 Å². The van der Waals surface area contributed by atoms with Gasteiger partial charge >= 0.3 is 22.1 Å². The largest absolute Gasteiger partial charge is 0.441 e. The van der Waals surface area contributed by atoms with Gasteiger partial charge in [-0.25, -0.2) is 8.78 Å². The predicted molar refractivity (Wildman–Crippen MR) is 34.6 cm³/mol. The maximum Gasteiger partial charge on any atom is 0.441 e. The maximum absolute atomic E-state index is 12.4. The molecule has 0 spiro atoms. The fourth-order valence-electron chi connectivity index (χ4n) is 0.356. The molecule has 0 radical (unpaired) electrons. The molecule has 0 N–H and O–H groups in total. The van der Waals surface area contributed by atoms with E-state index < -0.39 is 22.1 Å². The van der Waals surface area contributed by atoms with Crippen LogP contribution in [0.1, 0.15) is 0 Å². The Hall–Kier alpha value is 0.210. The third-order valence-electron chi connectivity index (χ3n) is 1.11. The van der Waals surface area contributed by atoms with E-state index in [0.717, 1.165) is 15.9 Å². The molecule has 0 aromatic carbocycles. The average Bonchev–Trinajstić information content (AvgIpc) is 1.81. The van der Waals surface area contributed by atoms with Crippen molar-refractivity contribution < 1.29 is 35.1 Å². The molecule has 0 aromatic rings. The van der Waals surface area contributed by atoms with Crippen molar-refractivity contribution in [1.82, 2.24) is 0 Å². The zero-order valence-electron chi connectivity index (χ0n) is 5.78. The van der Waals surface area contributed by atoms with Crippen LogP contribution in [-0.4, -0.2) is 22.1 Å². The molecular weight excluding hydrogens is 315 g/mol. The minimum atomic E-state index is -6.21. The Kier molecular flexibility index (Phi) is 3.41. The lowest BCUT2D eigenvalue weighted by atomic mass is 10.2. The van der Waals surface area contributed by atoms with Crippen LogP contribution in [0.3, 0.4) is 0 Å². The zero-order chi connectivity index (χ0) is 12.0. The van der Waals surface area contributed by atoms with Gasteiger partial charge in [0.2, 0.25) is 0 Å². The lowest BCUT2D eigenvalue weighted by Gasteiger charge is -2.32. The summed E-state index contributed by atoms with van der Waals surface area (Å²) in [5, 5.41) is -5.59. The van der Waals surface area contributed by atoms with Gasteiger partial charge < -0.3 is 0 Å². The van der Waals surface area contributed by atoms with Crippen molar-refractivity contribution in [2.45, 2.75) is 22.1 Å². The van der Waals surface area contributed by atoms with Crippen molar-refractivity contribution in [1.29, 1.82) is 0 Å². The van der Waals surface area contributed by atoms with Gasteiger partial charge in [-0.1, -0.05) is 11.6 Å². The monoisotopic (exact) mass is 314 g/mol. The second-order valence-corrected chi connectivity index (χ2v) is 3.76. The highest BCUT2D eigenvalue weighted by atomic mass is 79.9. The number of alkyl halides is 10. The Morgan fingerprint density at radius 3 is 1.07 bits per heavy atom. The predicted octanol–water partition coefficient (Wildman–Crippen LogP) is 4.08. The molecule has 0 fully saturated rings. The Balaban J connectivity index is 5.30. The van der Waals surface area contributed by atoms with Crippen molar-refractivity contribution >= 4 is 27.5 Å². The van der Waals surface area contributed by atoms with Gasteiger partial charge in [0.05, 0.1) is 0 Å². The van der Waals surface area contributed by atoms with Crippen LogP contribution in [0.15, 0.2) is 0 Å². The van der Waals surface area contributed by atoms with Gasteiger partial charge in [-0.2, -0.15) is 26.3 Å². The number of rotatable bonds is 1. The standard InChI is InChI=1S/C4BrClF8/c5-1(7,3(9,10)11)2(6,8)4(12,13)14. The van der Waals surface area contributed by atoms with Crippen LogP contribution in [-0.2, 0) is 0 Å². The van der Waals surface area contributed by atoms with Crippen molar-refractivity contribution in [3.63, 3.8) is 0 Å². The van der Waals surface area contributed by atoms with E-state index in [9.17, 15) is 35.1 Å². The van der Waals surface area contributed by atoms with Gasteiger partial charge in [0.25, 0.3) is 0 Å². The molecule has 86 valence electrons. The van der Waals surface area contributed by atoms with Gasteiger partial charge in [-0.3, -0.25) is 0 Å². The summed E-state index contributed by atoms with van der Waals surface area (Å²) in [6.45, 7) is 0. The summed E-state index contributed by atoms with van der Waals surface area (Å²) in [6, 6.07) is 0. The normalized spacial score (nSPS) is 22.7. The van der Waals surface area contributed by atoms with Crippen molar-refractivity contribution in [2.75, 3.05) is 0 Å². The number of hydrogen-bond acceptors (Lipinski definition) is 0. The third kappa shape index (κ3) is 2.07. The summed E-state index contributed by atoms with van der Waals surface area (Å²) < 4.78 is 89.0. The quantitative estimate of drug-likeness (QED) is 0.505. The smallest absolute Gasteiger partial charge is 0.216 e. The van der Waals surface area contributed by atoms with Gasteiger partial charge in [-0.05, 0) is 15.9 Å². The molecule has 0 bridgehead atoms. The molecule has 0 aromatic heterocycles. The summed E-state index contributed by atoms with van der Waals surface area (Å²) in [4.78, 5) is 0. The summed E-state index contributed by atoms with van der Waals surface area (Å²) in [5.74, 6) is 0. The molecule has 2 atom stereocenters. The molecule has 0 aliphatic carbocycles. The molecule has 0 saturated heterocycles. The molecule has 0 aliphatic rings. The van der Waals surface area contributed by atoms with Crippen molar-refractivity contribution in [2.24, 2.45) is 0 Å². The highest BCUT2D eigenvalue weighted by molar-refractivity contribution is 9.10. The van der Waals surface area contributed by atoms with Crippen molar-refractivity contribution in [3.8, 4) is 0 Å². The van der Waals surface area contributed by atoms with E-state index in [0.29, 0.717) is 0 Å². The second kappa shape index (κ2) is 3.36. The molecular formula is C4BrClF8. The Labute approximate surface area is 85.3 Å². The van der Waals surface area contributed by atoms with Crippen molar-refractivity contribution in [3.05, 3.63) is 0 Å². The van der Waals surface area contributed by atoms with Crippen LogP contribution in [0.2, 0.25) is 0 Å². The summed E-state index contributed by atoms with van der Waals surface area (Å²) in [7, 11) is 0. The van der Waals surface area contributed by atoms with E-state index in [2.05, 4.69) is 11.6 Å². The van der Waals surface area contributed by atoms with Gasteiger partial charge in [0.15, 0.2) is 0 Å². The average molecular weight is 315 g/mol. The van der Waals surface area contributed by atoms with Crippen LogP contribution in [0.4, 0.5) is 35.1 Å². The molecule has 14 heavy (non-hydrogen) atoms. The SMILES string of the molecule is FC(F)(F)C(F)(Cl)C(F)(Br)C(F)(F)F. The molecule has 0 rings (SSSR count). The highest BCUT2D eigenvalue weighted by Gasteiger charge is 2.78. The first kappa shape index (κ1) is 14.2. The van der Waals surface area contributed by atoms with Crippen LogP contribution in [0.5, 0.6) is 0 Å². The van der Waals surface area contributed by atoms with Gasteiger partial charge in [-0.15, -0.1) is 0 Å².